The molecule has 4 fully saturated rings. The summed E-state index contributed by atoms with van der Waals surface area (Å²) in [5, 5.41) is 8.88. The number of nitrogens with zero attached hydrogens (tertiary/aromatic N) is 1. The maximum atomic E-state index is 14.4. The van der Waals surface area contributed by atoms with Crippen molar-refractivity contribution < 1.29 is 28.8 Å². The molecule has 5 N–H and O–H groups in total. The molecule has 1 aliphatic heterocycles. The van der Waals surface area contributed by atoms with Crippen LogP contribution in [0.25, 0.3) is 0 Å². The molecule has 0 radical (unpaired) electrons. The molecule has 5 rings (SSSR count). The highest BCUT2D eigenvalue weighted by atomic mass is 16.2. The van der Waals surface area contributed by atoms with Gasteiger partial charge in [0.15, 0.2) is 5.78 Å². The maximum Gasteiger partial charge on any atom is 0.315 e. The third-order valence-electron chi connectivity index (χ3n) is 11.6. The summed E-state index contributed by atoms with van der Waals surface area (Å²) in [5.41, 5.74) is 4.32. The SMILES string of the molecule is CC(C)(C)[C@H](NC(=O)NC1(CC(=O)c2ccccc2)CCCCC1)C(=O)N1C[C@H]2[C@@H]([C@H]1C(=O)NC(CC1CCC1)C(=O)C(N)=O)C2(C)C. The van der Waals surface area contributed by atoms with Crippen LogP contribution < -0.4 is 21.7 Å². The molecule has 0 aromatic heterocycles. The first-order valence-corrected chi connectivity index (χ1v) is 17.7. The van der Waals surface area contributed by atoms with Crippen molar-refractivity contribution in [2.75, 3.05) is 6.54 Å². The quantitative estimate of drug-likeness (QED) is 0.196. The zero-order valence-electron chi connectivity index (χ0n) is 29.1. The van der Waals surface area contributed by atoms with Gasteiger partial charge in [0.1, 0.15) is 12.1 Å². The van der Waals surface area contributed by atoms with Gasteiger partial charge in [-0.2, -0.15) is 0 Å². The molecule has 5 amide bonds. The Balaban J connectivity index is 1.33. The van der Waals surface area contributed by atoms with Crippen LogP contribution in [-0.4, -0.2) is 70.4 Å². The summed E-state index contributed by atoms with van der Waals surface area (Å²) >= 11 is 0. The number of piperidine rings is 1. The number of hydrogen-bond acceptors (Lipinski definition) is 6. The Morgan fingerprint density at radius 1 is 0.938 bits per heavy atom. The van der Waals surface area contributed by atoms with Crippen molar-refractivity contribution in [2.24, 2.45) is 34.3 Å². The molecule has 1 unspecified atom stereocenters. The molecule has 5 atom stereocenters. The molecule has 4 aliphatic rings. The van der Waals surface area contributed by atoms with E-state index in [2.05, 4.69) is 29.8 Å². The van der Waals surface area contributed by atoms with Crippen molar-refractivity contribution in [3.63, 3.8) is 0 Å². The molecule has 3 saturated carbocycles. The fourth-order valence-corrected chi connectivity index (χ4v) is 8.37. The first kappa shape index (κ1) is 35.5. The average Bonchev–Trinajstić information content (AvgIpc) is 3.32. The zero-order chi connectivity index (χ0) is 35.0. The number of Topliss-reactive ketones (excluding diaryl/α,β-unsaturated/α-hetero) is 2. The molecule has 262 valence electrons. The van der Waals surface area contributed by atoms with Crippen LogP contribution in [0.3, 0.4) is 0 Å². The number of primary amides is 1. The summed E-state index contributed by atoms with van der Waals surface area (Å²) in [6.07, 6.45) is 7.50. The van der Waals surface area contributed by atoms with Crippen molar-refractivity contribution >= 4 is 35.3 Å². The van der Waals surface area contributed by atoms with Crippen molar-refractivity contribution in [1.29, 1.82) is 0 Å². The van der Waals surface area contributed by atoms with Gasteiger partial charge in [-0.3, -0.25) is 24.0 Å². The third-order valence-corrected chi connectivity index (χ3v) is 11.6. The Hall–Kier alpha value is -3.76. The highest BCUT2D eigenvalue weighted by molar-refractivity contribution is 6.37. The number of carbonyl (C=O) groups excluding carboxylic acids is 6. The number of ketones is 2. The van der Waals surface area contributed by atoms with E-state index in [9.17, 15) is 28.8 Å². The molecule has 1 saturated heterocycles. The summed E-state index contributed by atoms with van der Waals surface area (Å²) < 4.78 is 0. The van der Waals surface area contributed by atoms with Crippen LogP contribution in [0.2, 0.25) is 0 Å². The molecule has 1 aromatic carbocycles. The van der Waals surface area contributed by atoms with Gasteiger partial charge in [0.25, 0.3) is 5.91 Å². The lowest BCUT2D eigenvalue weighted by Gasteiger charge is -2.40. The summed E-state index contributed by atoms with van der Waals surface area (Å²) in [5.74, 6) is -2.63. The zero-order valence-corrected chi connectivity index (χ0v) is 29.1. The van der Waals surface area contributed by atoms with Crippen molar-refractivity contribution in [3.05, 3.63) is 35.9 Å². The lowest BCUT2D eigenvalue weighted by molar-refractivity contribution is -0.145. The number of fused-ring (bicyclic) bond motifs is 1. The number of rotatable bonds is 12. The lowest BCUT2D eigenvalue weighted by Crippen LogP contribution is -2.63. The Morgan fingerprint density at radius 3 is 2.15 bits per heavy atom. The van der Waals surface area contributed by atoms with E-state index >= 15 is 0 Å². The van der Waals surface area contributed by atoms with Crippen molar-refractivity contribution in [3.8, 4) is 0 Å². The van der Waals surface area contributed by atoms with Crippen LogP contribution in [-0.2, 0) is 19.2 Å². The van der Waals surface area contributed by atoms with Crippen LogP contribution in [0.15, 0.2) is 30.3 Å². The van der Waals surface area contributed by atoms with Crippen molar-refractivity contribution in [1.82, 2.24) is 20.9 Å². The Kier molecular flexibility index (Phi) is 10.1. The summed E-state index contributed by atoms with van der Waals surface area (Å²) in [6, 6.07) is 5.66. The van der Waals surface area contributed by atoms with Gasteiger partial charge in [0.2, 0.25) is 17.6 Å². The number of hydrogen-bond donors (Lipinski definition) is 4. The van der Waals surface area contributed by atoms with Crippen LogP contribution in [0.1, 0.15) is 109 Å². The van der Waals surface area contributed by atoms with E-state index in [1.54, 1.807) is 17.0 Å². The van der Waals surface area contributed by atoms with E-state index in [0.717, 1.165) is 38.5 Å². The van der Waals surface area contributed by atoms with E-state index in [1.807, 2.05) is 39.0 Å². The molecule has 0 spiro atoms. The van der Waals surface area contributed by atoms with E-state index in [1.165, 1.54) is 0 Å². The topological polar surface area (TPSA) is 168 Å². The minimum atomic E-state index is -1.09. The Morgan fingerprint density at radius 2 is 1.58 bits per heavy atom. The molecule has 48 heavy (non-hydrogen) atoms. The predicted octanol–water partition coefficient (Wildman–Crippen LogP) is 3.89. The number of benzene rings is 1. The molecule has 3 aliphatic carbocycles. The normalized spacial score (nSPS) is 25.4. The second-order valence-electron chi connectivity index (χ2n) is 16.4. The Labute approximate surface area is 283 Å². The molecule has 1 aromatic rings. The number of carbonyl (C=O) groups is 6. The third kappa shape index (κ3) is 7.44. The first-order chi connectivity index (χ1) is 22.5. The largest absolute Gasteiger partial charge is 0.363 e. The number of nitrogens with one attached hydrogen (secondary N) is 3. The molecule has 11 nitrogen and oxygen atoms in total. The standard InChI is InChI=1S/C37H53N5O6/c1-35(2,3)30(40-34(48)41-37(17-10-7-11-18-37)20-26(43)23-15-8-6-9-16-23)33(47)42-21-24-27(36(24,4)5)28(42)32(46)39-25(29(44)31(38)45)19-22-13-12-14-22/h6,8-9,15-16,22,24-25,27-28,30H,7,10-14,17-21H2,1-5H3,(H2,38,45)(H,39,46)(H2,40,41,48)/t24-,25?,27-,28-,30+/m0/s1. The lowest BCUT2D eigenvalue weighted by atomic mass is 9.77. The highest BCUT2D eigenvalue weighted by Crippen LogP contribution is 2.65. The van der Waals surface area contributed by atoms with E-state index < -0.39 is 52.7 Å². The van der Waals surface area contributed by atoms with E-state index in [0.29, 0.717) is 31.4 Å². The fraction of sp³-hybridized carbons (Fsp3) is 0.676. The number of urea groups is 1. The van der Waals surface area contributed by atoms with E-state index in [-0.39, 0.29) is 41.3 Å². The van der Waals surface area contributed by atoms with Gasteiger partial charge in [0, 0.05) is 24.1 Å². The molecular formula is C37H53N5O6. The smallest absolute Gasteiger partial charge is 0.315 e. The summed E-state index contributed by atoms with van der Waals surface area (Å²) in [7, 11) is 0. The van der Waals surface area contributed by atoms with Gasteiger partial charge in [-0.25, -0.2) is 4.79 Å². The molecule has 1 heterocycles. The van der Waals surface area contributed by atoms with Crippen LogP contribution in [0.4, 0.5) is 4.79 Å². The van der Waals surface area contributed by atoms with Crippen LogP contribution in [0.5, 0.6) is 0 Å². The van der Waals surface area contributed by atoms with Gasteiger partial charge in [0.05, 0.1) is 6.04 Å². The van der Waals surface area contributed by atoms with E-state index in [4.69, 9.17) is 5.73 Å². The first-order valence-electron chi connectivity index (χ1n) is 17.7. The molecular weight excluding hydrogens is 610 g/mol. The summed E-state index contributed by atoms with van der Waals surface area (Å²) in [4.78, 5) is 81.6. The molecule has 11 heteroatoms. The van der Waals surface area contributed by atoms with Gasteiger partial charge >= 0.3 is 6.03 Å². The second-order valence-corrected chi connectivity index (χ2v) is 16.4. The van der Waals surface area contributed by atoms with Gasteiger partial charge in [-0.15, -0.1) is 0 Å². The minimum absolute atomic E-state index is 0.0422. The van der Waals surface area contributed by atoms with Crippen molar-refractivity contribution in [2.45, 2.75) is 122 Å². The molecule has 0 bridgehead atoms. The number of likely N-dealkylation sites (tertiary alicyclic amines) is 1. The highest BCUT2D eigenvalue weighted by Gasteiger charge is 2.70. The predicted molar refractivity (Wildman–Crippen MR) is 180 cm³/mol. The second kappa shape index (κ2) is 13.6. The number of amides is 5. The minimum Gasteiger partial charge on any atom is -0.363 e. The fourth-order valence-electron chi connectivity index (χ4n) is 8.37. The summed E-state index contributed by atoms with van der Waals surface area (Å²) in [6.45, 7) is 10.1. The van der Waals surface area contributed by atoms with Gasteiger partial charge < -0.3 is 26.6 Å². The number of nitrogens with two attached hydrogens (primary N) is 1. The van der Waals surface area contributed by atoms with Gasteiger partial charge in [-0.1, -0.05) is 103 Å². The maximum absolute atomic E-state index is 14.4. The average molecular weight is 664 g/mol. The van der Waals surface area contributed by atoms with Crippen LogP contribution >= 0.6 is 0 Å². The Bertz CT molecular complexity index is 1430. The monoisotopic (exact) mass is 663 g/mol. The van der Waals surface area contributed by atoms with Crippen LogP contribution in [0, 0.1) is 28.6 Å². The van der Waals surface area contributed by atoms with Gasteiger partial charge in [-0.05, 0) is 47.8 Å².